The minimum atomic E-state index is -1.07. The topological polar surface area (TPSA) is 60.3 Å². The fourth-order valence-corrected chi connectivity index (χ4v) is 2.90. The lowest BCUT2D eigenvalue weighted by atomic mass is 10.2. The third-order valence-corrected chi connectivity index (χ3v) is 4.42. The molecule has 3 rings (SSSR count). The van der Waals surface area contributed by atoms with Gasteiger partial charge in [0.25, 0.3) is 5.91 Å². The number of para-hydroxylation sites is 1. The molecule has 0 spiro atoms. The molecule has 2 aromatic carbocycles. The van der Waals surface area contributed by atoms with E-state index in [1.807, 2.05) is 38.1 Å². The third kappa shape index (κ3) is 4.11. The average molecular weight is 380 g/mol. The maximum atomic E-state index is 13.6. The Bertz CT molecular complexity index is 989. The van der Waals surface area contributed by atoms with Crippen LogP contribution in [0.3, 0.4) is 0 Å². The number of aryl methyl sites for hydroxylation is 2. The highest BCUT2D eigenvalue weighted by Gasteiger charge is 2.20. The molecule has 0 unspecified atom stereocenters. The number of rotatable bonds is 5. The van der Waals surface area contributed by atoms with Crippen molar-refractivity contribution in [2.24, 2.45) is 0 Å². The van der Waals surface area contributed by atoms with Crippen LogP contribution in [0.2, 0.25) is 0 Å². The highest BCUT2D eigenvalue weighted by Crippen LogP contribution is 2.18. The summed E-state index contributed by atoms with van der Waals surface area (Å²) in [6, 6.07) is 16.8. The van der Waals surface area contributed by atoms with Crippen molar-refractivity contribution < 1.29 is 18.7 Å². The Morgan fingerprint density at radius 3 is 2.18 bits per heavy atom. The van der Waals surface area contributed by atoms with Gasteiger partial charge in [-0.05, 0) is 69.3 Å². The molecule has 0 saturated carbocycles. The van der Waals surface area contributed by atoms with Crippen molar-refractivity contribution in [2.75, 3.05) is 5.32 Å². The zero-order valence-corrected chi connectivity index (χ0v) is 15.9. The molecule has 1 heterocycles. The lowest BCUT2D eigenvalue weighted by molar-refractivity contribution is -0.123. The predicted octanol–water partition coefficient (Wildman–Crippen LogP) is 4.42. The highest BCUT2D eigenvalue weighted by molar-refractivity contribution is 5.97. The first-order valence-corrected chi connectivity index (χ1v) is 8.88. The van der Waals surface area contributed by atoms with E-state index in [1.165, 1.54) is 25.1 Å². The van der Waals surface area contributed by atoms with Crippen LogP contribution in [0.5, 0.6) is 0 Å². The molecule has 1 aromatic heterocycles. The summed E-state index contributed by atoms with van der Waals surface area (Å²) < 4.78 is 20.9. The van der Waals surface area contributed by atoms with E-state index >= 15 is 0 Å². The molecule has 0 aliphatic rings. The van der Waals surface area contributed by atoms with Crippen molar-refractivity contribution in [3.63, 3.8) is 0 Å². The number of halogens is 1. The molecule has 144 valence electrons. The maximum absolute atomic E-state index is 13.6. The molecule has 6 heteroatoms. The zero-order valence-electron chi connectivity index (χ0n) is 15.9. The summed E-state index contributed by atoms with van der Waals surface area (Å²) in [5, 5.41) is 2.41. The summed E-state index contributed by atoms with van der Waals surface area (Å²) in [7, 11) is 0. The van der Waals surface area contributed by atoms with Crippen molar-refractivity contribution in [3.05, 3.63) is 83.4 Å². The highest BCUT2D eigenvalue weighted by atomic mass is 19.1. The molecule has 3 aromatic rings. The Kier molecular flexibility index (Phi) is 5.59. The molecule has 5 nitrogen and oxygen atoms in total. The van der Waals surface area contributed by atoms with E-state index in [0.29, 0.717) is 5.56 Å². The van der Waals surface area contributed by atoms with Crippen molar-refractivity contribution in [2.45, 2.75) is 26.9 Å². The number of hydrogen-bond donors (Lipinski definition) is 1. The van der Waals surface area contributed by atoms with Gasteiger partial charge in [-0.1, -0.05) is 12.1 Å². The smallest absolute Gasteiger partial charge is 0.338 e. The molecule has 0 radical (unpaired) electrons. The summed E-state index contributed by atoms with van der Waals surface area (Å²) in [5.74, 6) is -1.78. The number of hydrogen-bond acceptors (Lipinski definition) is 3. The van der Waals surface area contributed by atoms with E-state index in [4.69, 9.17) is 4.74 Å². The number of benzene rings is 2. The first kappa shape index (κ1) is 19.4. The van der Waals surface area contributed by atoms with E-state index in [9.17, 15) is 14.0 Å². The largest absolute Gasteiger partial charge is 0.449 e. The minimum Gasteiger partial charge on any atom is -0.449 e. The molecular weight excluding hydrogens is 359 g/mol. The standard InChI is InChI=1S/C22H21FN2O3/c1-14-8-9-15(2)25(14)18-12-10-17(11-13-18)22(27)28-16(3)21(26)24-20-7-5-4-6-19(20)23/h4-13,16H,1-3H3,(H,24,26)/t16-/m1/s1. The Labute approximate surface area is 162 Å². The van der Waals surface area contributed by atoms with Gasteiger partial charge in [0, 0.05) is 17.1 Å². The lowest BCUT2D eigenvalue weighted by Gasteiger charge is -2.14. The first-order chi connectivity index (χ1) is 13.4. The number of esters is 1. The van der Waals surface area contributed by atoms with Crippen molar-refractivity contribution >= 4 is 17.6 Å². The average Bonchev–Trinajstić information content (AvgIpc) is 3.02. The molecular formula is C22H21FN2O3. The van der Waals surface area contributed by atoms with Crippen molar-refractivity contribution in [3.8, 4) is 5.69 Å². The number of carbonyl (C=O) groups excluding carboxylic acids is 2. The number of aromatic nitrogens is 1. The van der Waals surface area contributed by atoms with E-state index in [2.05, 4.69) is 9.88 Å². The summed E-state index contributed by atoms with van der Waals surface area (Å²) in [6.07, 6.45) is -1.07. The van der Waals surface area contributed by atoms with Crippen LogP contribution < -0.4 is 5.32 Å². The Morgan fingerprint density at radius 2 is 1.57 bits per heavy atom. The Morgan fingerprint density at radius 1 is 0.964 bits per heavy atom. The van der Waals surface area contributed by atoms with Gasteiger partial charge in [0.2, 0.25) is 0 Å². The predicted molar refractivity (Wildman–Crippen MR) is 105 cm³/mol. The van der Waals surface area contributed by atoms with Gasteiger partial charge in [0.15, 0.2) is 6.10 Å². The second-order valence-corrected chi connectivity index (χ2v) is 6.52. The van der Waals surface area contributed by atoms with Crippen molar-refractivity contribution in [1.82, 2.24) is 4.57 Å². The number of amides is 1. The SMILES string of the molecule is Cc1ccc(C)n1-c1ccc(C(=O)O[C@H](C)C(=O)Nc2ccccc2F)cc1. The van der Waals surface area contributed by atoms with Crippen molar-refractivity contribution in [1.29, 1.82) is 0 Å². The number of anilines is 1. The lowest BCUT2D eigenvalue weighted by Crippen LogP contribution is -2.30. The van der Waals surface area contributed by atoms with Crippen LogP contribution in [-0.4, -0.2) is 22.5 Å². The normalized spacial score (nSPS) is 11.7. The second-order valence-electron chi connectivity index (χ2n) is 6.52. The summed E-state index contributed by atoms with van der Waals surface area (Å²) in [6.45, 7) is 5.45. The Balaban J connectivity index is 1.65. The number of carbonyl (C=O) groups is 2. The summed E-state index contributed by atoms with van der Waals surface area (Å²) in [5.41, 5.74) is 3.48. The van der Waals surface area contributed by atoms with E-state index in [1.54, 1.807) is 18.2 Å². The zero-order chi connectivity index (χ0) is 20.3. The summed E-state index contributed by atoms with van der Waals surface area (Å²) in [4.78, 5) is 24.5. The molecule has 0 bridgehead atoms. The van der Waals surface area contributed by atoms with E-state index in [-0.39, 0.29) is 5.69 Å². The summed E-state index contributed by atoms with van der Waals surface area (Å²) >= 11 is 0. The van der Waals surface area contributed by atoms with Crippen LogP contribution in [0.25, 0.3) is 5.69 Å². The number of ether oxygens (including phenoxy) is 1. The fraction of sp³-hybridized carbons (Fsp3) is 0.182. The van der Waals surface area contributed by atoms with Gasteiger partial charge in [0.1, 0.15) is 5.82 Å². The molecule has 1 amide bonds. The van der Waals surface area contributed by atoms with Crippen LogP contribution >= 0.6 is 0 Å². The van der Waals surface area contributed by atoms with Crippen LogP contribution in [0.4, 0.5) is 10.1 Å². The maximum Gasteiger partial charge on any atom is 0.338 e. The monoisotopic (exact) mass is 380 g/mol. The number of nitrogens with one attached hydrogen (secondary N) is 1. The molecule has 0 aliphatic heterocycles. The van der Waals surface area contributed by atoms with Gasteiger partial charge in [-0.25, -0.2) is 9.18 Å². The van der Waals surface area contributed by atoms with Gasteiger partial charge in [0.05, 0.1) is 11.3 Å². The van der Waals surface area contributed by atoms with Gasteiger partial charge in [-0.15, -0.1) is 0 Å². The van der Waals surface area contributed by atoms with E-state index < -0.39 is 23.8 Å². The first-order valence-electron chi connectivity index (χ1n) is 8.88. The molecule has 28 heavy (non-hydrogen) atoms. The van der Waals surface area contributed by atoms with Crippen LogP contribution in [0, 0.1) is 19.7 Å². The molecule has 0 aliphatic carbocycles. The molecule has 0 saturated heterocycles. The van der Waals surface area contributed by atoms with Gasteiger partial charge in [-0.2, -0.15) is 0 Å². The quantitative estimate of drug-likeness (QED) is 0.667. The fourth-order valence-electron chi connectivity index (χ4n) is 2.90. The van der Waals surface area contributed by atoms with Gasteiger partial charge < -0.3 is 14.6 Å². The second kappa shape index (κ2) is 8.08. The minimum absolute atomic E-state index is 0.0391. The van der Waals surface area contributed by atoms with E-state index in [0.717, 1.165) is 17.1 Å². The van der Waals surface area contributed by atoms with Crippen LogP contribution in [0.1, 0.15) is 28.7 Å². The Hall–Kier alpha value is -3.41. The van der Waals surface area contributed by atoms with Gasteiger partial charge in [-0.3, -0.25) is 4.79 Å². The van der Waals surface area contributed by atoms with Gasteiger partial charge >= 0.3 is 5.97 Å². The number of nitrogens with zero attached hydrogens (tertiary/aromatic N) is 1. The van der Waals surface area contributed by atoms with Crippen LogP contribution in [-0.2, 0) is 9.53 Å². The molecule has 0 fully saturated rings. The van der Waals surface area contributed by atoms with Crippen LogP contribution in [0.15, 0.2) is 60.7 Å². The molecule has 1 N–H and O–H groups in total. The third-order valence-electron chi connectivity index (χ3n) is 4.42. The molecule has 1 atom stereocenters.